The van der Waals surface area contributed by atoms with Crippen LogP contribution in [0.25, 0.3) is 0 Å². The van der Waals surface area contributed by atoms with E-state index in [9.17, 15) is 19.7 Å². The van der Waals surface area contributed by atoms with Crippen LogP contribution in [0.2, 0.25) is 0 Å². The molecule has 31 heavy (non-hydrogen) atoms. The van der Waals surface area contributed by atoms with Crippen molar-refractivity contribution in [2.24, 2.45) is 5.92 Å². The topological polar surface area (TPSA) is 149 Å². The first-order valence-electron chi connectivity index (χ1n) is 10.4. The van der Waals surface area contributed by atoms with Crippen molar-refractivity contribution in [1.29, 1.82) is 5.41 Å². The lowest BCUT2D eigenvalue weighted by Crippen LogP contribution is -2.48. The van der Waals surface area contributed by atoms with E-state index in [4.69, 9.17) is 5.41 Å². The highest BCUT2D eigenvalue weighted by Crippen LogP contribution is 2.11. The maximum Gasteiger partial charge on any atom is 0.251 e. The van der Waals surface area contributed by atoms with Gasteiger partial charge in [0.15, 0.2) is 5.03 Å². The molecule has 0 aliphatic rings. The Morgan fingerprint density at radius 3 is 2.48 bits per heavy atom. The first kappa shape index (κ1) is 25.9. The van der Waals surface area contributed by atoms with E-state index in [1.165, 1.54) is 0 Å². The Kier molecular flexibility index (Phi) is 11.0. The number of carbonyl (C=O) groups excluding carboxylic acids is 2. The monoisotopic (exact) mass is 434 g/mol. The maximum absolute atomic E-state index is 12.6. The summed E-state index contributed by atoms with van der Waals surface area (Å²) in [6.45, 7) is 8.81. The van der Waals surface area contributed by atoms with E-state index in [-0.39, 0.29) is 24.8 Å². The molecule has 10 nitrogen and oxygen atoms in total. The standard InChI is InChI=1S/C21H34N6O4/c1-14(2)9-11-23-20(29)18(6-5-10-24-21(22)26-27(30)31)25-19(28)13-17-12-15(3)7-8-16(17)4/h7-8,12,14,18H,5-6,9-11,13H2,1-4H3,(H,23,29)(H,25,28)(H3,22,24,26)/t18-/m0/s1. The Balaban J connectivity index is 2.66. The molecule has 0 unspecified atom stereocenters. The molecular formula is C21H34N6O4. The van der Waals surface area contributed by atoms with Gasteiger partial charge >= 0.3 is 0 Å². The molecule has 1 atom stereocenters. The Morgan fingerprint density at radius 1 is 1.13 bits per heavy atom. The van der Waals surface area contributed by atoms with Crippen molar-refractivity contribution in [3.63, 3.8) is 0 Å². The van der Waals surface area contributed by atoms with Crippen LogP contribution in [0.3, 0.4) is 0 Å². The predicted molar refractivity (Wildman–Crippen MR) is 119 cm³/mol. The van der Waals surface area contributed by atoms with Crippen LogP contribution in [-0.4, -0.2) is 41.9 Å². The second-order valence-corrected chi connectivity index (χ2v) is 8.01. The largest absolute Gasteiger partial charge is 0.354 e. The van der Waals surface area contributed by atoms with Gasteiger partial charge in [-0.3, -0.25) is 15.0 Å². The fraction of sp³-hybridized carbons (Fsp3) is 0.571. The van der Waals surface area contributed by atoms with Crippen molar-refractivity contribution >= 4 is 17.8 Å². The van der Waals surface area contributed by atoms with Gasteiger partial charge in [-0.1, -0.05) is 43.0 Å². The number of nitro groups is 1. The SMILES string of the molecule is Cc1ccc(C)c(CC(=O)N[C@@H](CCCNC(=N)N[N+](=O)[O-])C(=O)NCCC(C)C)c1. The molecule has 0 bridgehead atoms. The number of nitrogens with one attached hydrogen (secondary N) is 5. The molecule has 0 heterocycles. The van der Waals surface area contributed by atoms with Gasteiger partial charge in [-0.2, -0.15) is 0 Å². The van der Waals surface area contributed by atoms with E-state index < -0.39 is 17.0 Å². The Hall–Kier alpha value is -3.17. The molecule has 0 saturated heterocycles. The number of nitrogens with zero attached hydrogens (tertiary/aromatic N) is 1. The van der Waals surface area contributed by atoms with E-state index in [2.05, 4.69) is 29.8 Å². The van der Waals surface area contributed by atoms with Crippen molar-refractivity contribution in [3.8, 4) is 0 Å². The highest BCUT2D eigenvalue weighted by molar-refractivity contribution is 5.88. The number of rotatable bonds is 12. The first-order chi connectivity index (χ1) is 14.6. The van der Waals surface area contributed by atoms with Crippen LogP contribution in [-0.2, 0) is 16.0 Å². The minimum Gasteiger partial charge on any atom is -0.354 e. The molecule has 0 spiro atoms. The molecule has 5 N–H and O–H groups in total. The molecule has 1 aromatic carbocycles. The molecule has 0 aliphatic carbocycles. The third-order valence-electron chi connectivity index (χ3n) is 4.70. The first-order valence-corrected chi connectivity index (χ1v) is 10.4. The third-order valence-corrected chi connectivity index (χ3v) is 4.70. The summed E-state index contributed by atoms with van der Waals surface area (Å²) in [5.41, 5.74) is 4.70. The van der Waals surface area contributed by atoms with Crippen LogP contribution in [0.4, 0.5) is 0 Å². The summed E-state index contributed by atoms with van der Waals surface area (Å²) < 4.78 is 0. The van der Waals surface area contributed by atoms with Gasteiger partial charge in [0.25, 0.3) is 5.96 Å². The zero-order valence-electron chi connectivity index (χ0n) is 18.7. The van der Waals surface area contributed by atoms with Crippen molar-refractivity contribution in [2.75, 3.05) is 13.1 Å². The quantitative estimate of drug-likeness (QED) is 0.111. The van der Waals surface area contributed by atoms with Gasteiger partial charge in [0, 0.05) is 13.1 Å². The summed E-state index contributed by atoms with van der Waals surface area (Å²) in [5, 5.41) is 25.1. The van der Waals surface area contributed by atoms with Gasteiger partial charge in [0.2, 0.25) is 11.8 Å². The zero-order chi connectivity index (χ0) is 23.4. The summed E-state index contributed by atoms with van der Waals surface area (Å²) in [5.74, 6) is -0.481. The second-order valence-electron chi connectivity index (χ2n) is 8.01. The molecule has 172 valence electrons. The molecular weight excluding hydrogens is 400 g/mol. The summed E-state index contributed by atoms with van der Waals surface area (Å²) in [6, 6.07) is 5.20. The predicted octanol–water partition coefficient (Wildman–Crippen LogP) is 1.58. The van der Waals surface area contributed by atoms with Crippen LogP contribution >= 0.6 is 0 Å². The number of guanidine groups is 1. The van der Waals surface area contributed by atoms with E-state index in [1.807, 2.05) is 32.0 Å². The fourth-order valence-electron chi connectivity index (χ4n) is 2.94. The number of amides is 2. The lowest BCUT2D eigenvalue weighted by Gasteiger charge is -2.19. The molecule has 0 aromatic heterocycles. The second kappa shape index (κ2) is 13.2. The van der Waals surface area contributed by atoms with E-state index >= 15 is 0 Å². The van der Waals surface area contributed by atoms with Gasteiger partial charge in [-0.05, 0) is 50.2 Å². The molecule has 0 saturated carbocycles. The van der Waals surface area contributed by atoms with Crippen LogP contribution < -0.4 is 21.4 Å². The smallest absolute Gasteiger partial charge is 0.251 e. The number of aryl methyl sites for hydroxylation is 2. The lowest BCUT2D eigenvalue weighted by molar-refractivity contribution is -0.525. The molecule has 0 radical (unpaired) electrons. The van der Waals surface area contributed by atoms with E-state index in [1.54, 1.807) is 5.43 Å². The molecule has 0 fully saturated rings. The van der Waals surface area contributed by atoms with Gasteiger partial charge in [-0.25, -0.2) is 10.1 Å². The van der Waals surface area contributed by atoms with E-state index in [0.717, 1.165) is 23.1 Å². The summed E-state index contributed by atoms with van der Waals surface area (Å²) in [7, 11) is 0. The van der Waals surface area contributed by atoms with Crippen molar-refractivity contribution in [1.82, 2.24) is 21.4 Å². The van der Waals surface area contributed by atoms with E-state index in [0.29, 0.717) is 25.3 Å². The molecule has 1 rings (SSSR count). The number of hydrazine groups is 1. The number of benzene rings is 1. The molecule has 2 amide bonds. The highest BCUT2D eigenvalue weighted by Gasteiger charge is 2.21. The molecule has 0 aliphatic heterocycles. The zero-order valence-corrected chi connectivity index (χ0v) is 18.7. The minimum absolute atomic E-state index is 0.180. The number of carbonyl (C=O) groups is 2. The summed E-state index contributed by atoms with van der Waals surface area (Å²) in [6.07, 6.45) is 1.79. The third kappa shape index (κ3) is 11.0. The molecule has 1 aromatic rings. The lowest BCUT2D eigenvalue weighted by atomic mass is 10.0. The van der Waals surface area contributed by atoms with Crippen LogP contribution in [0.15, 0.2) is 18.2 Å². The van der Waals surface area contributed by atoms with Crippen molar-refractivity contribution in [2.45, 2.75) is 59.4 Å². The van der Waals surface area contributed by atoms with Gasteiger partial charge in [0.05, 0.1) is 6.42 Å². The van der Waals surface area contributed by atoms with Crippen LogP contribution in [0, 0.1) is 35.3 Å². The Labute approximate surface area is 183 Å². The van der Waals surface area contributed by atoms with Crippen molar-refractivity contribution < 1.29 is 14.6 Å². The van der Waals surface area contributed by atoms with Crippen molar-refractivity contribution in [3.05, 3.63) is 45.0 Å². The van der Waals surface area contributed by atoms with Crippen LogP contribution in [0.5, 0.6) is 0 Å². The Bertz CT molecular complexity index is 781. The summed E-state index contributed by atoms with van der Waals surface area (Å²) >= 11 is 0. The van der Waals surface area contributed by atoms with Crippen LogP contribution in [0.1, 0.15) is 49.8 Å². The summed E-state index contributed by atoms with van der Waals surface area (Å²) in [4.78, 5) is 35.5. The minimum atomic E-state index is -0.826. The van der Waals surface area contributed by atoms with Gasteiger partial charge in [0.1, 0.15) is 6.04 Å². The average Bonchev–Trinajstić information content (AvgIpc) is 2.66. The van der Waals surface area contributed by atoms with Gasteiger partial charge < -0.3 is 16.0 Å². The maximum atomic E-state index is 12.6. The number of hydrogen-bond donors (Lipinski definition) is 5. The fourth-order valence-corrected chi connectivity index (χ4v) is 2.94. The average molecular weight is 435 g/mol. The normalized spacial score (nSPS) is 11.5. The molecule has 10 heteroatoms. The van der Waals surface area contributed by atoms with Gasteiger partial charge in [-0.15, -0.1) is 0 Å². The highest BCUT2D eigenvalue weighted by atomic mass is 16.7. The Morgan fingerprint density at radius 2 is 1.84 bits per heavy atom. The number of hydrogen-bond acceptors (Lipinski definition) is 5.